The van der Waals surface area contributed by atoms with Gasteiger partial charge in [-0.1, -0.05) is 0 Å². The first-order valence-corrected chi connectivity index (χ1v) is 7.27. The highest BCUT2D eigenvalue weighted by molar-refractivity contribution is 5.34. The highest BCUT2D eigenvalue weighted by Crippen LogP contribution is 2.23. The molecule has 0 radical (unpaired) electrons. The summed E-state index contributed by atoms with van der Waals surface area (Å²) in [6.45, 7) is 4.34. The zero-order chi connectivity index (χ0) is 15.1. The van der Waals surface area contributed by atoms with Crippen molar-refractivity contribution in [2.45, 2.75) is 31.5 Å². The summed E-state index contributed by atoms with van der Waals surface area (Å²) < 4.78 is 11.2. The smallest absolute Gasteiger partial charge is 0.119 e. The van der Waals surface area contributed by atoms with E-state index in [-0.39, 0.29) is 12.2 Å². The summed E-state index contributed by atoms with van der Waals surface area (Å²) in [6.07, 6.45) is 1.58. The molecule has 1 aliphatic rings. The van der Waals surface area contributed by atoms with E-state index < -0.39 is 6.10 Å². The van der Waals surface area contributed by atoms with Crippen molar-refractivity contribution >= 4 is 0 Å². The fraction of sp³-hybridized carbons (Fsp3) is 0.562. The van der Waals surface area contributed by atoms with Crippen LogP contribution in [-0.2, 0) is 4.74 Å². The lowest BCUT2D eigenvalue weighted by atomic mass is 10.0. The number of nitriles is 1. The third-order valence-corrected chi connectivity index (χ3v) is 3.61. The van der Waals surface area contributed by atoms with Crippen molar-refractivity contribution in [3.63, 3.8) is 0 Å². The Morgan fingerprint density at radius 1 is 1.48 bits per heavy atom. The van der Waals surface area contributed by atoms with Crippen LogP contribution in [0.2, 0.25) is 0 Å². The van der Waals surface area contributed by atoms with Crippen LogP contribution < -0.4 is 10.1 Å². The van der Waals surface area contributed by atoms with Gasteiger partial charge in [0, 0.05) is 19.7 Å². The average molecular weight is 290 g/mol. The monoisotopic (exact) mass is 290 g/mol. The molecular weight excluding hydrogens is 268 g/mol. The molecule has 1 aliphatic heterocycles. The molecule has 2 unspecified atom stereocenters. The van der Waals surface area contributed by atoms with E-state index in [1.165, 1.54) is 0 Å². The van der Waals surface area contributed by atoms with Crippen LogP contribution in [0, 0.1) is 11.3 Å². The summed E-state index contributed by atoms with van der Waals surface area (Å²) >= 11 is 0. The predicted molar refractivity (Wildman–Crippen MR) is 79.1 cm³/mol. The van der Waals surface area contributed by atoms with Gasteiger partial charge in [0.25, 0.3) is 0 Å². The Morgan fingerprint density at radius 2 is 2.24 bits per heavy atom. The Hall–Kier alpha value is -1.61. The van der Waals surface area contributed by atoms with Crippen molar-refractivity contribution in [2.24, 2.45) is 0 Å². The Balaban J connectivity index is 1.65. The van der Waals surface area contributed by atoms with Gasteiger partial charge in [0.2, 0.25) is 0 Å². The van der Waals surface area contributed by atoms with E-state index >= 15 is 0 Å². The van der Waals surface area contributed by atoms with E-state index in [9.17, 15) is 5.11 Å². The van der Waals surface area contributed by atoms with E-state index in [2.05, 4.69) is 18.3 Å². The zero-order valence-corrected chi connectivity index (χ0v) is 12.3. The van der Waals surface area contributed by atoms with Crippen molar-refractivity contribution < 1.29 is 14.6 Å². The number of hydrogen-bond donors (Lipinski definition) is 2. The maximum Gasteiger partial charge on any atom is 0.119 e. The number of benzene rings is 1. The quantitative estimate of drug-likeness (QED) is 0.795. The number of rotatable bonds is 7. The topological polar surface area (TPSA) is 74.5 Å². The molecule has 0 aliphatic carbocycles. The summed E-state index contributed by atoms with van der Waals surface area (Å²) in [5.74, 6) is 0.652. The SMILES string of the molecule is CC1(CNCC(O)COc2ccc(C#N)cc2)CCCO1. The molecule has 1 aromatic rings. The van der Waals surface area contributed by atoms with Gasteiger partial charge in [-0.25, -0.2) is 0 Å². The van der Waals surface area contributed by atoms with E-state index in [4.69, 9.17) is 14.7 Å². The lowest BCUT2D eigenvalue weighted by Crippen LogP contribution is -2.41. The number of nitrogens with one attached hydrogen (secondary N) is 1. The maximum absolute atomic E-state index is 9.89. The summed E-state index contributed by atoms with van der Waals surface area (Å²) in [7, 11) is 0. The minimum absolute atomic E-state index is 0.103. The van der Waals surface area contributed by atoms with Crippen LogP contribution in [0.15, 0.2) is 24.3 Å². The molecule has 0 amide bonds. The van der Waals surface area contributed by atoms with Gasteiger partial charge in [-0.3, -0.25) is 0 Å². The number of ether oxygens (including phenoxy) is 2. The molecule has 5 heteroatoms. The van der Waals surface area contributed by atoms with Crippen molar-refractivity contribution in [2.75, 3.05) is 26.3 Å². The van der Waals surface area contributed by atoms with Gasteiger partial charge in [-0.15, -0.1) is 0 Å². The summed E-state index contributed by atoms with van der Waals surface area (Å²) in [4.78, 5) is 0. The highest BCUT2D eigenvalue weighted by atomic mass is 16.5. The lowest BCUT2D eigenvalue weighted by Gasteiger charge is -2.24. The molecule has 1 fully saturated rings. The van der Waals surface area contributed by atoms with Crippen LogP contribution in [0.25, 0.3) is 0 Å². The average Bonchev–Trinajstić information content (AvgIpc) is 2.92. The fourth-order valence-electron chi connectivity index (χ4n) is 2.36. The second-order valence-corrected chi connectivity index (χ2v) is 5.63. The molecule has 1 aromatic carbocycles. The first kappa shape index (κ1) is 15.8. The molecule has 2 atom stereocenters. The van der Waals surface area contributed by atoms with Crippen LogP contribution in [0.4, 0.5) is 0 Å². The van der Waals surface area contributed by atoms with E-state index in [1.807, 2.05) is 0 Å². The number of aliphatic hydroxyl groups is 1. The van der Waals surface area contributed by atoms with Gasteiger partial charge in [0.15, 0.2) is 0 Å². The molecule has 0 saturated carbocycles. The molecule has 1 heterocycles. The van der Waals surface area contributed by atoms with E-state index in [0.29, 0.717) is 17.9 Å². The second kappa shape index (κ2) is 7.41. The van der Waals surface area contributed by atoms with Crippen LogP contribution in [0.5, 0.6) is 5.75 Å². The number of hydrogen-bond acceptors (Lipinski definition) is 5. The highest BCUT2D eigenvalue weighted by Gasteiger charge is 2.29. The van der Waals surface area contributed by atoms with Gasteiger partial charge < -0.3 is 19.9 Å². The fourth-order valence-corrected chi connectivity index (χ4v) is 2.36. The number of aliphatic hydroxyl groups excluding tert-OH is 1. The van der Waals surface area contributed by atoms with Gasteiger partial charge in [0.05, 0.1) is 17.2 Å². The Kier molecular flexibility index (Phi) is 5.57. The normalized spacial score (nSPS) is 22.7. The van der Waals surface area contributed by atoms with Gasteiger partial charge in [-0.2, -0.15) is 5.26 Å². The van der Waals surface area contributed by atoms with E-state index in [0.717, 1.165) is 26.0 Å². The van der Waals surface area contributed by atoms with E-state index in [1.54, 1.807) is 24.3 Å². The van der Waals surface area contributed by atoms with Gasteiger partial charge in [-0.05, 0) is 44.0 Å². The number of nitrogens with zero attached hydrogens (tertiary/aromatic N) is 1. The molecule has 0 aromatic heterocycles. The molecular formula is C16H22N2O3. The van der Waals surface area contributed by atoms with Crippen molar-refractivity contribution in [3.05, 3.63) is 29.8 Å². The van der Waals surface area contributed by atoms with Gasteiger partial charge >= 0.3 is 0 Å². The van der Waals surface area contributed by atoms with Crippen molar-refractivity contribution in [1.82, 2.24) is 5.32 Å². The Morgan fingerprint density at radius 3 is 2.86 bits per heavy atom. The minimum Gasteiger partial charge on any atom is -0.491 e. The van der Waals surface area contributed by atoms with Crippen LogP contribution >= 0.6 is 0 Å². The maximum atomic E-state index is 9.89. The molecule has 5 nitrogen and oxygen atoms in total. The summed E-state index contributed by atoms with van der Waals surface area (Å²) in [6, 6.07) is 8.89. The lowest BCUT2D eigenvalue weighted by molar-refractivity contribution is 0.0170. The third-order valence-electron chi connectivity index (χ3n) is 3.61. The molecule has 1 saturated heterocycles. The first-order chi connectivity index (χ1) is 10.1. The molecule has 2 rings (SSSR count). The third kappa shape index (κ3) is 5.01. The molecule has 0 spiro atoms. The van der Waals surface area contributed by atoms with Crippen LogP contribution in [0.3, 0.4) is 0 Å². The second-order valence-electron chi connectivity index (χ2n) is 5.63. The largest absolute Gasteiger partial charge is 0.491 e. The summed E-state index contributed by atoms with van der Waals surface area (Å²) in [5.41, 5.74) is 0.489. The first-order valence-electron chi connectivity index (χ1n) is 7.27. The molecule has 0 bridgehead atoms. The van der Waals surface area contributed by atoms with Crippen LogP contribution in [-0.4, -0.2) is 43.1 Å². The molecule has 2 N–H and O–H groups in total. The predicted octanol–water partition coefficient (Wildman–Crippen LogP) is 1.46. The van der Waals surface area contributed by atoms with Gasteiger partial charge in [0.1, 0.15) is 18.5 Å². The Labute approximate surface area is 125 Å². The molecule has 114 valence electrons. The standard InChI is InChI=1S/C16H22N2O3/c1-16(7-2-8-21-16)12-18-10-14(19)11-20-15-5-3-13(9-17)4-6-15/h3-6,14,18-19H,2,7-8,10-12H2,1H3. The Bertz CT molecular complexity index is 475. The van der Waals surface area contributed by atoms with Crippen molar-refractivity contribution in [1.29, 1.82) is 5.26 Å². The molecule has 21 heavy (non-hydrogen) atoms. The van der Waals surface area contributed by atoms with Crippen LogP contribution in [0.1, 0.15) is 25.3 Å². The van der Waals surface area contributed by atoms with Crippen molar-refractivity contribution in [3.8, 4) is 11.8 Å². The minimum atomic E-state index is -0.578. The summed E-state index contributed by atoms with van der Waals surface area (Å²) in [5, 5.41) is 21.8. The zero-order valence-electron chi connectivity index (χ0n) is 12.3.